The van der Waals surface area contributed by atoms with E-state index in [1.54, 1.807) is 0 Å². The van der Waals surface area contributed by atoms with Gasteiger partial charge >= 0.3 is 0 Å². The van der Waals surface area contributed by atoms with E-state index in [4.69, 9.17) is 4.76 Å². The molecule has 0 unspecified atom stereocenters. The maximum atomic E-state index is 5.60. The van der Waals surface area contributed by atoms with Gasteiger partial charge in [0.2, 0.25) is 0 Å². The second-order valence-electron chi connectivity index (χ2n) is 9.45. The third-order valence-electron chi connectivity index (χ3n) is 4.78. The van der Waals surface area contributed by atoms with E-state index >= 15 is 0 Å². The zero-order valence-electron chi connectivity index (χ0n) is 19.0. The van der Waals surface area contributed by atoms with Crippen LogP contribution in [0.15, 0.2) is 95.8 Å². The molecule has 2 nitrogen and oxygen atoms in total. The zero-order chi connectivity index (χ0) is 21.8. The summed E-state index contributed by atoms with van der Waals surface area (Å²) in [5.74, 6) is 1.17. The molecule has 0 bridgehead atoms. The Labute approximate surface area is 185 Å². The summed E-state index contributed by atoms with van der Waals surface area (Å²) in [7, 11) is -4.17. The number of hydrogen-bond acceptors (Lipinski definition) is 1. The lowest BCUT2D eigenvalue weighted by Crippen LogP contribution is -2.62. The van der Waals surface area contributed by atoms with Crippen LogP contribution in [0.3, 0.4) is 0 Å². The Morgan fingerprint density at radius 1 is 0.600 bits per heavy atom. The highest BCUT2D eigenvalue weighted by Gasteiger charge is 2.37. The van der Waals surface area contributed by atoms with Crippen LogP contribution in [0.4, 0.5) is 0 Å². The second-order valence-corrected chi connectivity index (χ2v) is 21.3. The standard InChI is InChI=1S/C25H33N2PSi2/c1-29(2,3)27(30(4,5)6)25(22-16-10-7-11-17-22)26-28(23-18-12-8-13-19-23)24-20-14-9-15-21-24/h7-21H,1-6H3. The van der Waals surface area contributed by atoms with Crippen molar-refractivity contribution in [3.05, 3.63) is 96.6 Å². The highest BCUT2D eigenvalue weighted by atomic mass is 31.1. The van der Waals surface area contributed by atoms with Crippen LogP contribution < -0.4 is 10.6 Å². The molecule has 0 aliphatic heterocycles. The summed E-state index contributed by atoms with van der Waals surface area (Å²) < 4.78 is 8.34. The molecule has 0 radical (unpaired) electrons. The van der Waals surface area contributed by atoms with Gasteiger partial charge in [-0.2, -0.15) is 0 Å². The molecular weight excluding hydrogens is 415 g/mol. The minimum atomic E-state index is -1.66. The molecule has 0 fully saturated rings. The van der Waals surface area contributed by atoms with Crippen LogP contribution in [0.25, 0.3) is 0 Å². The molecule has 0 spiro atoms. The largest absolute Gasteiger partial charge is 0.409 e. The number of nitrogens with zero attached hydrogens (tertiary/aromatic N) is 2. The topological polar surface area (TPSA) is 15.6 Å². The molecule has 0 saturated heterocycles. The van der Waals surface area contributed by atoms with Gasteiger partial charge in [0.1, 0.15) is 22.3 Å². The predicted molar refractivity (Wildman–Crippen MR) is 141 cm³/mol. The molecular formula is C25H33N2PSi2. The van der Waals surface area contributed by atoms with Gasteiger partial charge in [0.15, 0.2) is 0 Å². The number of rotatable bonds is 6. The molecule has 5 heteroatoms. The summed E-state index contributed by atoms with van der Waals surface area (Å²) in [6, 6.07) is 32.3. The van der Waals surface area contributed by atoms with Gasteiger partial charge in [-0.25, -0.2) is 4.76 Å². The molecule has 0 saturated carbocycles. The molecule has 156 valence electrons. The lowest BCUT2D eigenvalue weighted by Gasteiger charge is -2.46. The molecule has 0 aromatic heterocycles. The van der Waals surface area contributed by atoms with Crippen molar-refractivity contribution in [3.63, 3.8) is 0 Å². The third kappa shape index (κ3) is 5.57. The van der Waals surface area contributed by atoms with E-state index in [-0.39, 0.29) is 0 Å². The SMILES string of the molecule is C[Si](C)(C)N(C(=NP(c1ccccc1)c1ccccc1)c1ccccc1)[Si](C)(C)C. The van der Waals surface area contributed by atoms with E-state index in [1.165, 1.54) is 22.0 Å². The van der Waals surface area contributed by atoms with Crippen LogP contribution in [-0.4, -0.2) is 26.5 Å². The van der Waals surface area contributed by atoms with Crippen LogP contribution in [0.5, 0.6) is 0 Å². The van der Waals surface area contributed by atoms with Crippen molar-refractivity contribution in [2.24, 2.45) is 4.76 Å². The van der Waals surface area contributed by atoms with Gasteiger partial charge in [-0.1, -0.05) is 130 Å². The summed E-state index contributed by atoms with van der Waals surface area (Å²) >= 11 is 0. The minimum absolute atomic E-state index is 0.850. The summed E-state index contributed by atoms with van der Waals surface area (Å²) in [5, 5.41) is 2.58. The smallest absolute Gasteiger partial charge is 0.140 e. The third-order valence-corrected chi connectivity index (χ3v) is 13.9. The Bertz CT molecular complexity index is 909. The molecule has 0 aliphatic rings. The summed E-state index contributed by atoms with van der Waals surface area (Å²) in [4.78, 5) is 0. The van der Waals surface area contributed by atoms with Crippen molar-refractivity contribution in [2.75, 3.05) is 0 Å². The first-order chi connectivity index (χ1) is 14.2. The maximum absolute atomic E-state index is 5.60. The van der Waals surface area contributed by atoms with Crippen LogP contribution in [0.1, 0.15) is 5.56 Å². The minimum Gasteiger partial charge on any atom is -0.409 e. The fraction of sp³-hybridized carbons (Fsp3) is 0.240. The fourth-order valence-electron chi connectivity index (χ4n) is 3.96. The number of amidine groups is 1. The highest BCUT2D eigenvalue weighted by molar-refractivity contribution is 7.72. The van der Waals surface area contributed by atoms with Gasteiger partial charge in [-0.15, -0.1) is 0 Å². The van der Waals surface area contributed by atoms with Gasteiger partial charge in [-0.05, 0) is 0 Å². The summed E-state index contributed by atoms with van der Waals surface area (Å²) in [6.45, 7) is 14.6. The van der Waals surface area contributed by atoms with E-state index < -0.39 is 24.5 Å². The summed E-state index contributed by atoms with van der Waals surface area (Å²) in [6.07, 6.45) is 0. The first-order valence-electron chi connectivity index (χ1n) is 10.5. The molecule has 0 aliphatic carbocycles. The molecule has 0 N–H and O–H groups in total. The van der Waals surface area contributed by atoms with Crippen molar-refractivity contribution in [1.29, 1.82) is 0 Å². The monoisotopic (exact) mass is 448 g/mol. The van der Waals surface area contributed by atoms with Gasteiger partial charge in [0.05, 0.1) is 8.07 Å². The zero-order valence-corrected chi connectivity index (χ0v) is 21.9. The van der Waals surface area contributed by atoms with Gasteiger partial charge in [0.25, 0.3) is 0 Å². The predicted octanol–water partition coefficient (Wildman–Crippen LogP) is 6.45. The Morgan fingerprint density at radius 2 is 0.967 bits per heavy atom. The van der Waals surface area contributed by atoms with Crippen molar-refractivity contribution < 1.29 is 0 Å². The average Bonchev–Trinajstić information content (AvgIpc) is 2.71. The lowest BCUT2D eigenvalue weighted by molar-refractivity contribution is 0.902. The van der Waals surface area contributed by atoms with Crippen molar-refractivity contribution >= 4 is 41.0 Å². The van der Waals surface area contributed by atoms with Crippen LogP contribution in [-0.2, 0) is 0 Å². The van der Waals surface area contributed by atoms with Gasteiger partial charge in [0, 0.05) is 16.2 Å². The van der Waals surface area contributed by atoms with Crippen LogP contribution in [0.2, 0.25) is 39.3 Å². The first-order valence-corrected chi connectivity index (χ1v) is 18.7. The molecule has 3 aromatic rings. The summed E-state index contributed by atoms with van der Waals surface area (Å²) in [5.41, 5.74) is 1.22. The fourth-order valence-corrected chi connectivity index (χ4v) is 15.6. The lowest BCUT2D eigenvalue weighted by atomic mass is 10.2. The molecule has 0 heterocycles. The molecule has 0 atom stereocenters. The molecule has 3 aromatic carbocycles. The first kappa shape index (κ1) is 22.7. The van der Waals surface area contributed by atoms with Crippen LogP contribution >= 0.6 is 8.07 Å². The highest BCUT2D eigenvalue weighted by Crippen LogP contribution is 2.38. The van der Waals surface area contributed by atoms with E-state index in [0.29, 0.717) is 0 Å². The van der Waals surface area contributed by atoms with E-state index in [9.17, 15) is 0 Å². The van der Waals surface area contributed by atoms with Crippen molar-refractivity contribution in [2.45, 2.75) is 39.3 Å². The number of hydrogen-bond donors (Lipinski definition) is 0. The van der Waals surface area contributed by atoms with E-state index in [0.717, 1.165) is 0 Å². The Morgan fingerprint density at radius 3 is 1.33 bits per heavy atom. The van der Waals surface area contributed by atoms with Crippen LogP contribution in [0, 0.1) is 0 Å². The van der Waals surface area contributed by atoms with Gasteiger partial charge < -0.3 is 4.23 Å². The molecule has 0 amide bonds. The molecule has 3 rings (SSSR count). The maximum Gasteiger partial charge on any atom is 0.140 e. The van der Waals surface area contributed by atoms with E-state index in [1.807, 2.05) is 0 Å². The second kappa shape index (κ2) is 9.42. The Kier molecular flexibility index (Phi) is 7.12. The van der Waals surface area contributed by atoms with Crippen molar-refractivity contribution in [3.8, 4) is 0 Å². The van der Waals surface area contributed by atoms with Crippen molar-refractivity contribution in [1.82, 2.24) is 4.23 Å². The normalized spacial score (nSPS) is 12.8. The molecule has 30 heavy (non-hydrogen) atoms. The Balaban J connectivity index is 2.27. The quantitative estimate of drug-likeness (QED) is 0.183. The number of benzene rings is 3. The van der Waals surface area contributed by atoms with E-state index in [2.05, 4.69) is 135 Å². The average molecular weight is 449 g/mol. The Hall–Kier alpha value is -2.01. The van der Waals surface area contributed by atoms with Gasteiger partial charge in [-0.3, -0.25) is 0 Å².